The summed E-state index contributed by atoms with van der Waals surface area (Å²) in [4.78, 5) is 30.0. The molecule has 0 aliphatic heterocycles. The van der Waals surface area contributed by atoms with E-state index >= 15 is 0 Å². The van der Waals surface area contributed by atoms with E-state index in [4.69, 9.17) is 4.74 Å². The maximum atomic E-state index is 13.3. The predicted molar refractivity (Wildman–Crippen MR) is 134 cm³/mol. The lowest BCUT2D eigenvalue weighted by molar-refractivity contribution is -0.156. The maximum absolute atomic E-state index is 13.3. The fourth-order valence-electron chi connectivity index (χ4n) is 8.78. The number of aromatic nitrogens is 2. The Morgan fingerprint density at radius 3 is 2.60 bits per heavy atom. The smallest absolute Gasteiger partial charge is 0.309 e. The van der Waals surface area contributed by atoms with Crippen molar-refractivity contribution in [2.24, 2.45) is 34.5 Å². The molecule has 6 rings (SSSR count). The number of Topliss-reactive ketones (excluding diaryl/α,β-unsaturated/α-hetero) is 1. The van der Waals surface area contributed by atoms with Crippen LogP contribution in [0.2, 0.25) is 0 Å². The first kappa shape index (κ1) is 23.2. The van der Waals surface area contributed by atoms with E-state index in [1.807, 2.05) is 10.8 Å². The van der Waals surface area contributed by atoms with E-state index < -0.39 is 0 Å². The zero-order valence-corrected chi connectivity index (χ0v) is 21.4. The molecule has 188 valence electrons. The number of carbonyl (C=O) groups excluding carboxylic acids is 2. The predicted octanol–water partition coefficient (Wildman–Crippen LogP) is 6.05. The quantitative estimate of drug-likeness (QED) is 0.383. The number of hydrogen-bond donors (Lipinski definition) is 0. The van der Waals surface area contributed by atoms with Crippen LogP contribution in [0.15, 0.2) is 42.0 Å². The van der Waals surface area contributed by atoms with E-state index in [1.165, 1.54) is 19.3 Å². The van der Waals surface area contributed by atoms with Crippen molar-refractivity contribution in [3.63, 3.8) is 0 Å². The van der Waals surface area contributed by atoms with E-state index in [1.54, 1.807) is 18.1 Å². The molecular weight excluding hydrogens is 436 g/mol. The normalized spacial score (nSPS) is 38.7. The van der Waals surface area contributed by atoms with E-state index in [0.29, 0.717) is 24.3 Å². The number of esters is 1. The summed E-state index contributed by atoms with van der Waals surface area (Å²) in [6, 6.07) is 0. The number of imidazole rings is 1. The molecule has 1 heterocycles. The molecule has 0 saturated heterocycles. The topological polar surface area (TPSA) is 61.2 Å². The third-order valence-electron chi connectivity index (χ3n) is 10.8. The van der Waals surface area contributed by atoms with Gasteiger partial charge in [-0.15, -0.1) is 0 Å². The molecule has 5 aliphatic rings. The summed E-state index contributed by atoms with van der Waals surface area (Å²) >= 11 is 0. The SMILES string of the molecule is C[C@]12CC[C@H](OC(=O)C3CCCC3)CC1=CC[C@@H]1[C@@H]2CC[C@]2(C)C(C(=O)Cn3ccnc3)=CC[C@@H]12. The number of rotatable bonds is 5. The van der Waals surface area contributed by atoms with Gasteiger partial charge in [0.25, 0.3) is 0 Å². The lowest BCUT2D eigenvalue weighted by Crippen LogP contribution is -2.50. The first-order valence-corrected chi connectivity index (χ1v) is 14.0. The highest BCUT2D eigenvalue weighted by Crippen LogP contribution is 2.65. The highest BCUT2D eigenvalue weighted by molar-refractivity contribution is 5.97. The second-order valence-electron chi connectivity index (χ2n) is 12.5. The Hall–Kier alpha value is -2.17. The molecule has 0 spiro atoms. The Morgan fingerprint density at radius 1 is 1.03 bits per heavy atom. The third-order valence-corrected chi connectivity index (χ3v) is 10.8. The average molecular weight is 477 g/mol. The fourth-order valence-corrected chi connectivity index (χ4v) is 8.78. The molecule has 0 amide bonds. The number of allylic oxidation sites excluding steroid dienone is 3. The van der Waals surface area contributed by atoms with Crippen LogP contribution in [-0.4, -0.2) is 27.4 Å². The van der Waals surface area contributed by atoms with Gasteiger partial charge in [-0.2, -0.15) is 0 Å². The van der Waals surface area contributed by atoms with Crippen molar-refractivity contribution in [2.75, 3.05) is 0 Å². The minimum atomic E-state index is -0.00541. The minimum Gasteiger partial charge on any atom is -0.462 e. The molecule has 5 nitrogen and oxygen atoms in total. The van der Waals surface area contributed by atoms with Crippen molar-refractivity contribution in [1.82, 2.24) is 9.55 Å². The Bertz CT molecular complexity index is 1050. The highest BCUT2D eigenvalue weighted by atomic mass is 16.5. The summed E-state index contributed by atoms with van der Waals surface area (Å²) in [5, 5.41) is 0. The molecule has 5 heteroatoms. The Labute approximate surface area is 209 Å². The van der Waals surface area contributed by atoms with Crippen molar-refractivity contribution >= 4 is 11.8 Å². The Kier molecular flexibility index (Phi) is 5.80. The van der Waals surface area contributed by atoms with Gasteiger partial charge in [-0.1, -0.05) is 44.4 Å². The van der Waals surface area contributed by atoms with Gasteiger partial charge in [-0.3, -0.25) is 9.59 Å². The summed E-state index contributed by atoms with van der Waals surface area (Å²) in [6.07, 6.45) is 22.0. The van der Waals surface area contributed by atoms with Crippen molar-refractivity contribution in [2.45, 2.75) is 97.1 Å². The van der Waals surface area contributed by atoms with E-state index in [9.17, 15) is 9.59 Å². The molecular formula is C30H40N2O3. The molecule has 3 saturated carbocycles. The van der Waals surface area contributed by atoms with E-state index in [-0.39, 0.29) is 34.6 Å². The summed E-state index contributed by atoms with van der Waals surface area (Å²) in [6.45, 7) is 5.24. The molecule has 1 aromatic rings. The maximum Gasteiger partial charge on any atom is 0.309 e. The lowest BCUT2D eigenvalue weighted by Gasteiger charge is -2.57. The van der Waals surface area contributed by atoms with Gasteiger partial charge < -0.3 is 9.30 Å². The first-order valence-electron chi connectivity index (χ1n) is 14.0. The van der Waals surface area contributed by atoms with E-state index in [2.05, 4.69) is 31.0 Å². The number of fused-ring (bicyclic) bond motifs is 5. The minimum absolute atomic E-state index is 0.00541. The molecule has 3 fully saturated rings. The van der Waals surface area contributed by atoms with Crippen LogP contribution in [0.4, 0.5) is 0 Å². The molecule has 5 aliphatic carbocycles. The van der Waals surface area contributed by atoms with Crippen LogP contribution in [0.1, 0.15) is 84.5 Å². The van der Waals surface area contributed by atoms with Crippen LogP contribution in [0.25, 0.3) is 0 Å². The summed E-state index contributed by atoms with van der Waals surface area (Å²) in [5.74, 6) is 2.32. The largest absolute Gasteiger partial charge is 0.462 e. The van der Waals surface area contributed by atoms with Gasteiger partial charge in [0.2, 0.25) is 0 Å². The monoisotopic (exact) mass is 476 g/mol. The molecule has 1 aromatic heterocycles. The molecule has 0 bridgehead atoms. The second-order valence-corrected chi connectivity index (χ2v) is 12.5. The Morgan fingerprint density at radius 2 is 1.83 bits per heavy atom. The van der Waals surface area contributed by atoms with Crippen LogP contribution in [0.3, 0.4) is 0 Å². The number of hydrogen-bond acceptors (Lipinski definition) is 4. The van der Waals surface area contributed by atoms with Crippen LogP contribution < -0.4 is 0 Å². The van der Waals surface area contributed by atoms with Gasteiger partial charge in [0.1, 0.15) is 6.10 Å². The standard InChI is InChI=1S/C30H40N2O3/c1-29-13-11-22(35-28(34)20-5-3-4-6-20)17-21(29)7-8-23-24-9-10-26(30(24,2)14-12-25(23)29)27(33)18-32-16-15-31-19-32/h7,10,15-16,19-20,22-25H,3-6,8-9,11-14,17-18H2,1-2H3/t22-,23-,24-,25-,29-,30-/m0/s1. The zero-order chi connectivity index (χ0) is 24.2. The zero-order valence-electron chi connectivity index (χ0n) is 21.4. The molecule has 35 heavy (non-hydrogen) atoms. The second kappa shape index (κ2) is 8.74. The van der Waals surface area contributed by atoms with Gasteiger partial charge in [-0.05, 0) is 85.5 Å². The molecule has 0 N–H and O–H groups in total. The molecule has 6 atom stereocenters. The third kappa shape index (κ3) is 3.84. The highest BCUT2D eigenvalue weighted by Gasteiger charge is 2.57. The van der Waals surface area contributed by atoms with Crippen LogP contribution in [0, 0.1) is 34.5 Å². The van der Waals surface area contributed by atoms with Crippen molar-refractivity contribution in [3.05, 3.63) is 42.0 Å². The molecule has 0 radical (unpaired) electrons. The van der Waals surface area contributed by atoms with Gasteiger partial charge >= 0.3 is 5.97 Å². The lowest BCUT2D eigenvalue weighted by atomic mass is 9.47. The number of ether oxygens (including phenoxy) is 1. The molecule has 0 aromatic carbocycles. The summed E-state index contributed by atoms with van der Waals surface area (Å²) in [7, 11) is 0. The van der Waals surface area contributed by atoms with Gasteiger partial charge in [0.15, 0.2) is 5.78 Å². The van der Waals surface area contributed by atoms with Crippen molar-refractivity contribution < 1.29 is 14.3 Å². The van der Waals surface area contributed by atoms with E-state index in [0.717, 1.165) is 56.9 Å². The summed E-state index contributed by atoms with van der Waals surface area (Å²) < 4.78 is 7.93. The number of carbonyl (C=O) groups is 2. The first-order chi connectivity index (χ1) is 16.9. The van der Waals surface area contributed by atoms with Crippen LogP contribution >= 0.6 is 0 Å². The van der Waals surface area contributed by atoms with Gasteiger partial charge in [-0.25, -0.2) is 4.98 Å². The summed E-state index contributed by atoms with van der Waals surface area (Å²) in [5.41, 5.74) is 2.82. The average Bonchev–Trinajstić information content (AvgIpc) is 3.60. The van der Waals surface area contributed by atoms with Crippen molar-refractivity contribution in [3.8, 4) is 0 Å². The fraction of sp³-hybridized carbons (Fsp3) is 0.700. The van der Waals surface area contributed by atoms with Crippen LogP contribution in [-0.2, 0) is 20.9 Å². The van der Waals surface area contributed by atoms with Crippen molar-refractivity contribution in [1.29, 1.82) is 0 Å². The van der Waals surface area contributed by atoms with Gasteiger partial charge in [0.05, 0.1) is 18.8 Å². The Balaban J connectivity index is 1.15. The number of nitrogens with zero attached hydrogens (tertiary/aromatic N) is 2. The number of ketones is 1. The van der Waals surface area contributed by atoms with Gasteiger partial charge in [0, 0.05) is 18.8 Å². The van der Waals surface area contributed by atoms with Crippen LogP contribution in [0.5, 0.6) is 0 Å². The molecule has 0 unspecified atom stereocenters.